The zero-order chi connectivity index (χ0) is 14.1. The molecular formula is C13H21N3O2S. The van der Waals surface area contributed by atoms with Crippen LogP contribution in [0.5, 0.6) is 0 Å². The Hall–Kier alpha value is -1.01. The topological polar surface area (TPSA) is 75.1 Å². The van der Waals surface area contributed by atoms with Gasteiger partial charge in [0.2, 0.25) is 11.0 Å². The third-order valence-corrected chi connectivity index (χ3v) is 4.60. The van der Waals surface area contributed by atoms with Crippen molar-refractivity contribution in [2.45, 2.75) is 63.9 Å². The summed E-state index contributed by atoms with van der Waals surface area (Å²) in [6.45, 7) is 6.17. The van der Waals surface area contributed by atoms with E-state index in [0.717, 1.165) is 17.8 Å². The minimum atomic E-state index is -0.818. The molecule has 2 N–H and O–H groups in total. The van der Waals surface area contributed by atoms with Crippen LogP contribution in [-0.2, 0) is 10.2 Å². The lowest BCUT2D eigenvalue weighted by Crippen LogP contribution is -2.30. The summed E-state index contributed by atoms with van der Waals surface area (Å²) in [6, 6.07) is 0. The fourth-order valence-corrected chi connectivity index (χ4v) is 3.07. The fraction of sp³-hybridized carbons (Fsp3) is 0.769. The number of nitrogens with zero attached hydrogens (tertiary/aromatic N) is 2. The molecule has 2 rings (SSSR count). The van der Waals surface area contributed by atoms with E-state index in [9.17, 15) is 9.90 Å². The van der Waals surface area contributed by atoms with E-state index < -0.39 is 5.60 Å². The molecule has 0 aliphatic heterocycles. The summed E-state index contributed by atoms with van der Waals surface area (Å²) in [6.07, 6.45) is 3.57. The number of aromatic nitrogens is 2. The summed E-state index contributed by atoms with van der Waals surface area (Å²) >= 11 is 1.39. The van der Waals surface area contributed by atoms with E-state index in [1.165, 1.54) is 11.3 Å². The average molecular weight is 283 g/mol. The van der Waals surface area contributed by atoms with Gasteiger partial charge >= 0.3 is 0 Å². The largest absolute Gasteiger partial charge is 0.389 e. The normalized spacial score (nSPS) is 18.5. The second-order valence-corrected chi connectivity index (χ2v) is 7.30. The molecule has 1 aliphatic rings. The predicted octanol–water partition coefficient (Wildman–Crippen LogP) is 2.47. The van der Waals surface area contributed by atoms with Gasteiger partial charge in [0.25, 0.3) is 0 Å². The fourth-order valence-electron chi connectivity index (χ4n) is 2.25. The molecule has 0 aromatic carbocycles. The van der Waals surface area contributed by atoms with Crippen LogP contribution in [0.15, 0.2) is 0 Å². The van der Waals surface area contributed by atoms with Crippen molar-refractivity contribution in [1.29, 1.82) is 0 Å². The van der Waals surface area contributed by atoms with Gasteiger partial charge < -0.3 is 10.4 Å². The molecule has 0 saturated heterocycles. The molecule has 0 atom stereocenters. The third-order valence-electron chi connectivity index (χ3n) is 3.34. The summed E-state index contributed by atoms with van der Waals surface area (Å²) in [5.41, 5.74) is -0.883. The summed E-state index contributed by atoms with van der Waals surface area (Å²) in [4.78, 5) is 11.9. The molecule has 1 amide bonds. The van der Waals surface area contributed by atoms with Crippen LogP contribution < -0.4 is 5.32 Å². The van der Waals surface area contributed by atoms with Gasteiger partial charge in [-0.2, -0.15) is 0 Å². The molecule has 0 radical (unpaired) electrons. The SMILES string of the molecule is CC(C)(C)c1nnc(NC(=O)CC2(O)CCCC2)s1. The van der Waals surface area contributed by atoms with Gasteiger partial charge in [-0.05, 0) is 12.8 Å². The van der Waals surface area contributed by atoms with Crippen LogP contribution >= 0.6 is 11.3 Å². The van der Waals surface area contributed by atoms with E-state index in [0.29, 0.717) is 18.0 Å². The maximum Gasteiger partial charge on any atom is 0.229 e. The van der Waals surface area contributed by atoms with E-state index in [-0.39, 0.29) is 17.7 Å². The van der Waals surface area contributed by atoms with E-state index in [1.54, 1.807) is 0 Å². The van der Waals surface area contributed by atoms with Crippen molar-refractivity contribution in [2.75, 3.05) is 5.32 Å². The number of carbonyl (C=O) groups is 1. The first-order valence-electron chi connectivity index (χ1n) is 6.65. The summed E-state index contributed by atoms with van der Waals surface area (Å²) < 4.78 is 0. The standard InChI is InChI=1S/C13H21N3O2S/c1-12(2,3)10-15-16-11(19-10)14-9(17)8-13(18)6-4-5-7-13/h18H,4-8H2,1-3H3,(H,14,16,17). The number of rotatable bonds is 3. The molecule has 1 aromatic heterocycles. The number of hydrogen-bond donors (Lipinski definition) is 2. The van der Waals surface area contributed by atoms with Gasteiger partial charge in [0.15, 0.2) is 0 Å². The minimum absolute atomic E-state index is 0.0652. The van der Waals surface area contributed by atoms with Crippen LogP contribution in [0.2, 0.25) is 0 Å². The van der Waals surface area contributed by atoms with Crippen LogP contribution in [0.25, 0.3) is 0 Å². The second kappa shape index (κ2) is 5.17. The molecular weight excluding hydrogens is 262 g/mol. The Kier molecular flexibility index (Phi) is 3.92. The molecule has 1 fully saturated rings. The van der Waals surface area contributed by atoms with Gasteiger partial charge in [-0.15, -0.1) is 10.2 Å². The predicted molar refractivity (Wildman–Crippen MR) is 75.3 cm³/mol. The number of amides is 1. The van der Waals surface area contributed by atoms with Gasteiger partial charge in [0.05, 0.1) is 12.0 Å². The zero-order valence-corrected chi connectivity index (χ0v) is 12.5. The molecule has 1 heterocycles. The quantitative estimate of drug-likeness (QED) is 0.893. The smallest absolute Gasteiger partial charge is 0.229 e. The highest BCUT2D eigenvalue weighted by atomic mass is 32.1. The Labute approximate surface area is 117 Å². The monoisotopic (exact) mass is 283 g/mol. The number of anilines is 1. The van der Waals surface area contributed by atoms with Gasteiger partial charge in [-0.25, -0.2) is 0 Å². The van der Waals surface area contributed by atoms with Crippen LogP contribution in [0.1, 0.15) is 57.9 Å². The molecule has 0 bridgehead atoms. The van der Waals surface area contributed by atoms with Crippen molar-refractivity contribution >= 4 is 22.4 Å². The number of nitrogens with one attached hydrogen (secondary N) is 1. The van der Waals surface area contributed by atoms with Crippen LogP contribution in [-0.4, -0.2) is 26.8 Å². The van der Waals surface area contributed by atoms with Crippen molar-refractivity contribution < 1.29 is 9.90 Å². The first-order chi connectivity index (χ1) is 8.78. The summed E-state index contributed by atoms with van der Waals surface area (Å²) in [5.74, 6) is -0.180. The van der Waals surface area contributed by atoms with Crippen molar-refractivity contribution in [3.63, 3.8) is 0 Å². The molecule has 1 aliphatic carbocycles. The van der Waals surface area contributed by atoms with E-state index in [2.05, 4.69) is 36.3 Å². The summed E-state index contributed by atoms with van der Waals surface area (Å²) in [5, 5.41) is 22.4. The highest BCUT2D eigenvalue weighted by Gasteiger charge is 2.33. The van der Waals surface area contributed by atoms with Crippen LogP contribution in [0.3, 0.4) is 0 Å². The average Bonchev–Trinajstić information content (AvgIpc) is 2.86. The number of aliphatic hydroxyl groups is 1. The molecule has 0 unspecified atom stereocenters. The maximum absolute atomic E-state index is 11.9. The first kappa shape index (κ1) is 14.4. The van der Waals surface area contributed by atoms with Crippen LogP contribution in [0.4, 0.5) is 5.13 Å². The highest BCUT2D eigenvalue weighted by molar-refractivity contribution is 7.15. The van der Waals surface area contributed by atoms with Gasteiger partial charge in [0, 0.05) is 5.41 Å². The Morgan fingerprint density at radius 1 is 1.37 bits per heavy atom. The molecule has 1 saturated carbocycles. The van der Waals surface area contributed by atoms with Gasteiger partial charge in [-0.1, -0.05) is 44.9 Å². The van der Waals surface area contributed by atoms with E-state index in [4.69, 9.17) is 0 Å². The van der Waals surface area contributed by atoms with E-state index >= 15 is 0 Å². The molecule has 1 aromatic rings. The number of hydrogen-bond acceptors (Lipinski definition) is 5. The molecule has 19 heavy (non-hydrogen) atoms. The Balaban J connectivity index is 1.94. The van der Waals surface area contributed by atoms with Crippen LogP contribution in [0, 0.1) is 0 Å². The van der Waals surface area contributed by atoms with E-state index in [1.807, 2.05) is 0 Å². The number of carbonyl (C=O) groups excluding carboxylic acids is 1. The highest BCUT2D eigenvalue weighted by Crippen LogP contribution is 2.33. The Morgan fingerprint density at radius 3 is 2.53 bits per heavy atom. The van der Waals surface area contributed by atoms with Crippen molar-refractivity contribution in [2.24, 2.45) is 0 Å². The maximum atomic E-state index is 11.9. The van der Waals surface area contributed by atoms with Gasteiger partial charge in [0.1, 0.15) is 5.01 Å². The van der Waals surface area contributed by atoms with Crippen molar-refractivity contribution in [3.05, 3.63) is 5.01 Å². The van der Waals surface area contributed by atoms with Crippen molar-refractivity contribution in [1.82, 2.24) is 10.2 Å². The molecule has 0 spiro atoms. The Morgan fingerprint density at radius 2 is 2.00 bits per heavy atom. The summed E-state index contributed by atoms with van der Waals surface area (Å²) in [7, 11) is 0. The molecule has 5 nitrogen and oxygen atoms in total. The first-order valence-corrected chi connectivity index (χ1v) is 7.46. The lowest BCUT2D eigenvalue weighted by Gasteiger charge is -2.20. The molecule has 106 valence electrons. The Bertz CT molecular complexity index is 459. The molecule has 6 heteroatoms. The van der Waals surface area contributed by atoms with Gasteiger partial charge in [-0.3, -0.25) is 4.79 Å². The lowest BCUT2D eigenvalue weighted by atomic mass is 9.98. The zero-order valence-electron chi connectivity index (χ0n) is 11.7. The van der Waals surface area contributed by atoms with Crippen molar-refractivity contribution in [3.8, 4) is 0 Å². The second-order valence-electron chi connectivity index (χ2n) is 6.32. The lowest BCUT2D eigenvalue weighted by molar-refractivity contribution is -0.120. The third kappa shape index (κ3) is 3.73. The minimum Gasteiger partial charge on any atom is -0.389 e.